The molecule has 3 rings (SSSR count). The Kier molecular flexibility index (Phi) is 3.82. The molecule has 1 fully saturated rings. The van der Waals surface area contributed by atoms with Crippen LogP contribution >= 0.6 is 22.9 Å². The Balaban J connectivity index is 1.98. The maximum absolute atomic E-state index is 12.8. The molecule has 1 aliphatic rings. The van der Waals surface area contributed by atoms with Gasteiger partial charge in [-0.15, -0.1) is 11.3 Å². The molecule has 2 atom stereocenters. The summed E-state index contributed by atoms with van der Waals surface area (Å²) in [5, 5.41) is 1.37. The van der Waals surface area contributed by atoms with Crippen LogP contribution in [0.1, 0.15) is 23.5 Å². The lowest BCUT2D eigenvalue weighted by Gasteiger charge is -2.35. The number of benzene rings is 1. The number of nitrogens with two attached hydrogens (primary N) is 1. The molecule has 0 radical (unpaired) electrons. The van der Waals surface area contributed by atoms with Gasteiger partial charge in [0.1, 0.15) is 4.88 Å². The molecule has 1 aromatic heterocycles. The number of fused-ring (bicyclic) bond motifs is 1. The highest BCUT2D eigenvalue weighted by Gasteiger charge is 2.29. The highest BCUT2D eigenvalue weighted by molar-refractivity contribution is 7.21. The van der Waals surface area contributed by atoms with Gasteiger partial charge in [-0.2, -0.15) is 0 Å². The van der Waals surface area contributed by atoms with E-state index >= 15 is 0 Å². The zero-order valence-electron chi connectivity index (χ0n) is 11.9. The number of morpholine rings is 1. The van der Waals surface area contributed by atoms with Crippen molar-refractivity contribution < 1.29 is 9.53 Å². The van der Waals surface area contributed by atoms with Gasteiger partial charge in [-0.25, -0.2) is 0 Å². The number of carbonyl (C=O) groups excluding carboxylic acids is 1. The maximum Gasteiger partial charge on any atom is 0.266 e. The van der Waals surface area contributed by atoms with Gasteiger partial charge in [0, 0.05) is 23.2 Å². The second kappa shape index (κ2) is 5.48. The summed E-state index contributed by atoms with van der Waals surface area (Å²) >= 11 is 7.60. The molecule has 2 N–H and O–H groups in total. The molecule has 0 unspecified atom stereocenters. The smallest absolute Gasteiger partial charge is 0.266 e. The molecule has 2 aromatic rings. The molecule has 6 heteroatoms. The molecular weight excluding hydrogens is 308 g/mol. The van der Waals surface area contributed by atoms with Gasteiger partial charge in [0.15, 0.2) is 0 Å². The zero-order valence-corrected chi connectivity index (χ0v) is 13.5. The van der Waals surface area contributed by atoms with E-state index in [9.17, 15) is 4.79 Å². The van der Waals surface area contributed by atoms with Crippen molar-refractivity contribution in [2.24, 2.45) is 0 Å². The fourth-order valence-electron chi connectivity index (χ4n) is 2.78. The van der Waals surface area contributed by atoms with Gasteiger partial charge in [-0.1, -0.05) is 17.7 Å². The van der Waals surface area contributed by atoms with Gasteiger partial charge >= 0.3 is 0 Å². The number of rotatable bonds is 1. The third kappa shape index (κ3) is 2.61. The number of anilines is 1. The van der Waals surface area contributed by atoms with E-state index in [2.05, 4.69) is 0 Å². The largest absolute Gasteiger partial charge is 0.397 e. The summed E-state index contributed by atoms with van der Waals surface area (Å²) in [5.41, 5.74) is 6.65. The molecule has 21 heavy (non-hydrogen) atoms. The molecule has 1 aliphatic heterocycles. The van der Waals surface area contributed by atoms with Crippen LogP contribution in [0, 0.1) is 0 Å². The molecule has 0 aliphatic carbocycles. The van der Waals surface area contributed by atoms with E-state index in [0.717, 1.165) is 10.1 Å². The number of halogens is 1. The average Bonchev–Trinajstić information content (AvgIpc) is 2.75. The number of nitrogens with zero attached hydrogens (tertiary/aromatic N) is 1. The first kappa shape index (κ1) is 14.6. The fraction of sp³-hybridized carbons (Fsp3) is 0.400. The molecule has 1 amide bonds. The van der Waals surface area contributed by atoms with Crippen LogP contribution in [-0.4, -0.2) is 36.1 Å². The summed E-state index contributed by atoms with van der Waals surface area (Å²) in [5.74, 6) is -0.0354. The van der Waals surface area contributed by atoms with E-state index < -0.39 is 0 Å². The van der Waals surface area contributed by atoms with Crippen molar-refractivity contribution in [3.8, 4) is 0 Å². The van der Waals surface area contributed by atoms with Crippen LogP contribution in [0.5, 0.6) is 0 Å². The lowest BCUT2D eigenvalue weighted by atomic mass is 10.2. The van der Waals surface area contributed by atoms with E-state index in [0.29, 0.717) is 28.7 Å². The van der Waals surface area contributed by atoms with Gasteiger partial charge in [-0.3, -0.25) is 4.79 Å². The van der Waals surface area contributed by atoms with Crippen LogP contribution in [0.2, 0.25) is 5.02 Å². The van der Waals surface area contributed by atoms with Gasteiger partial charge in [0.05, 0.1) is 22.9 Å². The first-order valence-corrected chi connectivity index (χ1v) is 8.08. The van der Waals surface area contributed by atoms with Gasteiger partial charge in [0.25, 0.3) is 5.91 Å². The fourth-order valence-corrected chi connectivity index (χ4v) is 4.22. The van der Waals surface area contributed by atoms with E-state index in [1.165, 1.54) is 11.3 Å². The van der Waals surface area contributed by atoms with Crippen molar-refractivity contribution >= 4 is 44.6 Å². The second-order valence-corrected chi connectivity index (χ2v) is 6.88. The first-order chi connectivity index (χ1) is 9.97. The summed E-state index contributed by atoms with van der Waals surface area (Å²) < 4.78 is 6.61. The first-order valence-electron chi connectivity index (χ1n) is 6.88. The Labute approximate surface area is 132 Å². The van der Waals surface area contributed by atoms with Gasteiger partial charge in [-0.05, 0) is 26.0 Å². The van der Waals surface area contributed by atoms with Crippen molar-refractivity contribution in [3.63, 3.8) is 0 Å². The molecule has 4 nitrogen and oxygen atoms in total. The number of nitrogen functional groups attached to an aromatic ring is 1. The predicted molar refractivity (Wildman–Crippen MR) is 87.2 cm³/mol. The Bertz CT molecular complexity index is 690. The quantitative estimate of drug-likeness (QED) is 0.874. The third-order valence-electron chi connectivity index (χ3n) is 3.60. The minimum Gasteiger partial charge on any atom is -0.397 e. The zero-order chi connectivity index (χ0) is 15.1. The number of hydrogen-bond donors (Lipinski definition) is 1. The van der Waals surface area contributed by atoms with Crippen molar-refractivity contribution in [2.45, 2.75) is 26.1 Å². The Hall–Kier alpha value is -1.30. The molecule has 1 saturated heterocycles. The summed E-state index contributed by atoms with van der Waals surface area (Å²) in [7, 11) is 0. The van der Waals surface area contributed by atoms with Crippen molar-refractivity contribution in [2.75, 3.05) is 18.8 Å². The van der Waals surface area contributed by atoms with Crippen LogP contribution in [-0.2, 0) is 4.74 Å². The van der Waals surface area contributed by atoms with Crippen molar-refractivity contribution in [3.05, 3.63) is 28.1 Å². The molecule has 2 heterocycles. The Morgan fingerprint density at radius 1 is 1.38 bits per heavy atom. The molecule has 0 bridgehead atoms. The van der Waals surface area contributed by atoms with Crippen molar-refractivity contribution in [1.82, 2.24) is 4.90 Å². The van der Waals surface area contributed by atoms with Crippen LogP contribution < -0.4 is 5.73 Å². The van der Waals surface area contributed by atoms with Crippen LogP contribution in [0.4, 0.5) is 5.69 Å². The minimum absolute atomic E-state index is 0.0354. The topological polar surface area (TPSA) is 55.6 Å². The van der Waals surface area contributed by atoms with E-state index in [1.54, 1.807) is 6.07 Å². The average molecular weight is 325 g/mol. The number of carbonyl (C=O) groups is 1. The highest BCUT2D eigenvalue weighted by atomic mass is 35.5. The van der Waals surface area contributed by atoms with Gasteiger partial charge in [0.2, 0.25) is 0 Å². The Morgan fingerprint density at radius 2 is 2.05 bits per heavy atom. The molecule has 0 saturated carbocycles. The minimum atomic E-state index is -0.0354. The van der Waals surface area contributed by atoms with Crippen LogP contribution in [0.25, 0.3) is 10.1 Å². The second-order valence-electron chi connectivity index (χ2n) is 5.43. The van der Waals surface area contributed by atoms with Crippen molar-refractivity contribution in [1.29, 1.82) is 0 Å². The summed E-state index contributed by atoms with van der Waals surface area (Å²) in [6, 6.07) is 5.59. The lowest BCUT2D eigenvalue weighted by molar-refractivity contribution is -0.0584. The van der Waals surface area contributed by atoms with E-state index in [4.69, 9.17) is 22.1 Å². The normalized spacial score (nSPS) is 22.7. The van der Waals surface area contributed by atoms with Crippen LogP contribution in [0.15, 0.2) is 18.2 Å². The highest BCUT2D eigenvalue weighted by Crippen LogP contribution is 2.38. The van der Waals surface area contributed by atoms with E-state index in [1.807, 2.05) is 30.9 Å². The Morgan fingerprint density at radius 3 is 2.67 bits per heavy atom. The standard InChI is InChI=1S/C15H17ClN2O2S/c1-8-6-18(7-9(2)20-8)15(19)14-13(17)12-10(16)4-3-5-11(12)21-14/h3-5,8-9H,6-7,17H2,1-2H3/t8-,9+. The van der Waals surface area contributed by atoms with Gasteiger partial charge < -0.3 is 15.4 Å². The molecule has 1 aromatic carbocycles. The number of thiophene rings is 1. The lowest BCUT2D eigenvalue weighted by Crippen LogP contribution is -2.48. The summed E-state index contributed by atoms with van der Waals surface area (Å²) in [4.78, 5) is 15.1. The third-order valence-corrected chi connectivity index (χ3v) is 5.08. The number of hydrogen-bond acceptors (Lipinski definition) is 4. The van der Waals surface area contributed by atoms with Crippen LogP contribution in [0.3, 0.4) is 0 Å². The number of amides is 1. The monoisotopic (exact) mass is 324 g/mol. The molecule has 0 spiro atoms. The SMILES string of the molecule is C[C@@H]1CN(C(=O)c2sc3cccc(Cl)c3c2N)C[C@H](C)O1. The molecule has 112 valence electrons. The maximum atomic E-state index is 12.8. The molecular formula is C15H17ClN2O2S. The predicted octanol–water partition coefficient (Wildman–Crippen LogP) is 3.39. The number of ether oxygens (including phenoxy) is 1. The summed E-state index contributed by atoms with van der Waals surface area (Å²) in [6.07, 6.45) is 0.0776. The summed E-state index contributed by atoms with van der Waals surface area (Å²) in [6.45, 7) is 5.12. The van der Waals surface area contributed by atoms with E-state index in [-0.39, 0.29) is 18.1 Å².